The van der Waals surface area contributed by atoms with E-state index in [9.17, 15) is 0 Å². The van der Waals surface area contributed by atoms with Crippen LogP contribution >= 0.6 is 0 Å². The fraction of sp³-hybridized carbons (Fsp3) is 0.533. The Morgan fingerprint density at radius 3 is 2.86 bits per heavy atom. The fourth-order valence-corrected chi connectivity index (χ4v) is 2.80. The SMILES string of the molecule is CN(CCCn1cccn1)c1cc(C2CC(N)C2)nc(N)n1. The zero-order valence-corrected chi connectivity index (χ0v) is 12.9. The van der Waals surface area contributed by atoms with Gasteiger partial charge in [-0.3, -0.25) is 4.68 Å². The van der Waals surface area contributed by atoms with E-state index in [-0.39, 0.29) is 0 Å². The molecule has 2 aromatic rings. The number of nitrogens with two attached hydrogens (primary N) is 2. The Morgan fingerprint density at radius 1 is 1.36 bits per heavy atom. The number of hydrogen-bond donors (Lipinski definition) is 2. The van der Waals surface area contributed by atoms with Gasteiger partial charge in [0.15, 0.2) is 0 Å². The Labute approximate surface area is 130 Å². The predicted octanol–water partition coefficient (Wildman–Crippen LogP) is 0.987. The van der Waals surface area contributed by atoms with Gasteiger partial charge in [-0.15, -0.1) is 0 Å². The molecule has 7 nitrogen and oxygen atoms in total. The molecule has 0 spiro atoms. The van der Waals surface area contributed by atoms with Crippen LogP contribution in [0.25, 0.3) is 0 Å². The highest BCUT2D eigenvalue weighted by Crippen LogP contribution is 2.35. The largest absolute Gasteiger partial charge is 0.368 e. The summed E-state index contributed by atoms with van der Waals surface area (Å²) in [4.78, 5) is 10.8. The van der Waals surface area contributed by atoms with Gasteiger partial charge in [-0.1, -0.05) is 0 Å². The number of nitrogen functional groups attached to an aromatic ring is 1. The van der Waals surface area contributed by atoms with Crippen LogP contribution in [-0.4, -0.2) is 39.4 Å². The van der Waals surface area contributed by atoms with Crippen molar-refractivity contribution in [2.24, 2.45) is 5.73 Å². The molecule has 0 aliphatic heterocycles. The van der Waals surface area contributed by atoms with E-state index in [1.807, 2.05) is 30.1 Å². The first kappa shape index (κ1) is 14.8. The van der Waals surface area contributed by atoms with Gasteiger partial charge >= 0.3 is 0 Å². The molecule has 4 N–H and O–H groups in total. The molecule has 0 amide bonds. The van der Waals surface area contributed by atoms with E-state index in [1.54, 1.807) is 6.20 Å². The molecule has 7 heteroatoms. The van der Waals surface area contributed by atoms with E-state index in [0.29, 0.717) is 17.9 Å². The van der Waals surface area contributed by atoms with E-state index < -0.39 is 0 Å². The van der Waals surface area contributed by atoms with Gasteiger partial charge in [0.05, 0.1) is 5.69 Å². The third kappa shape index (κ3) is 3.36. The minimum Gasteiger partial charge on any atom is -0.368 e. The van der Waals surface area contributed by atoms with Crippen molar-refractivity contribution in [1.82, 2.24) is 19.7 Å². The van der Waals surface area contributed by atoms with Crippen LogP contribution in [0.2, 0.25) is 0 Å². The van der Waals surface area contributed by atoms with Gasteiger partial charge < -0.3 is 16.4 Å². The first-order valence-electron chi connectivity index (χ1n) is 7.70. The zero-order valence-electron chi connectivity index (χ0n) is 12.9. The van der Waals surface area contributed by atoms with Crippen molar-refractivity contribution in [3.8, 4) is 0 Å². The average Bonchev–Trinajstić information content (AvgIpc) is 2.96. The second-order valence-electron chi connectivity index (χ2n) is 5.98. The van der Waals surface area contributed by atoms with Crippen molar-refractivity contribution in [2.45, 2.75) is 37.8 Å². The van der Waals surface area contributed by atoms with Crippen LogP contribution in [0.4, 0.5) is 11.8 Å². The summed E-state index contributed by atoms with van der Waals surface area (Å²) in [5, 5.41) is 4.20. The summed E-state index contributed by atoms with van der Waals surface area (Å²) in [7, 11) is 2.03. The first-order chi connectivity index (χ1) is 10.6. The molecule has 2 aromatic heterocycles. The molecular formula is C15H23N7. The Bertz CT molecular complexity index is 604. The lowest BCUT2D eigenvalue weighted by Crippen LogP contribution is -2.35. The summed E-state index contributed by atoms with van der Waals surface area (Å²) >= 11 is 0. The average molecular weight is 301 g/mol. The van der Waals surface area contributed by atoms with Gasteiger partial charge in [-0.05, 0) is 25.3 Å². The Balaban J connectivity index is 1.60. The molecule has 1 aliphatic rings. The van der Waals surface area contributed by atoms with Crippen LogP contribution in [0.15, 0.2) is 24.5 Å². The van der Waals surface area contributed by atoms with E-state index in [4.69, 9.17) is 11.5 Å². The summed E-state index contributed by atoms with van der Waals surface area (Å²) in [6, 6.07) is 4.28. The molecular weight excluding hydrogens is 278 g/mol. The van der Waals surface area contributed by atoms with Gasteiger partial charge in [-0.2, -0.15) is 10.1 Å². The topological polar surface area (TPSA) is 98.9 Å². The highest BCUT2D eigenvalue weighted by Gasteiger charge is 2.29. The standard InChI is InChI=1S/C15H23N7/c1-21(5-3-7-22-6-2-4-18-22)14-10-13(19-15(17)20-14)11-8-12(16)9-11/h2,4,6,10-12H,3,5,7-9,16H2,1H3,(H2,17,19,20). The molecule has 0 radical (unpaired) electrons. The summed E-state index contributed by atoms with van der Waals surface area (Å²) in [5.41, 5.74) is 12.7. The smallest absolute Gasteiger partial charge is 0.222 e. The molecule has 2 heterocycles. The molecule has 0 aromatic carbocycles. The van der Waals surface area contributed by atoms with Crippen molar-refractivity contribution in [3.63, 3.8) is 0 Å². The lowest BCUT2D eigenvalue weighted by Gasteiger charge is -2.32. The van der Waals surface area contributed by atoms with Crippen molar-refractivity contribution in [2.75, 3.05) is 24.2 Å². The molecule has 0 bridgehead atoms. The van der Waals surface area contributed by atoms with E-state index in [2.05, 4.69) is 20.0 Å². The summed E-state index contributed by atoms with van der Waals surface area (Å²) in [5.74, 6) is 1.65. The number of aromatic nitrogens is 4. The van der Waals surface area contributed by atoms with E-state index >= 15 is 0 Å². The summed E-state index contributed by atoms with van der Waals surface area (Å²) in [6.45, 7) is 1.78. The number of aryl methyl sites for hydroxylation is 1. The predicted molar refractivity (Wildman–Crippen MR) is 86.5 cm³/mol. The molecule has 1 saturated carbocycles. The molecule has 0 unspecified atom stereocenters. The normalized spacial score (nSPS) is 20.6. The minimum absolute atomic E-state index is 0.302. The number of rotatable bonds is 6. The van der Waals surface area contributed by atoms with Crippen molar-refractivity contribution >= 4 is 11.8 Å². The lowest BCUT2D eigenvalue weighted by molar-refractivity contribution is 0.345. The van der Waals surface area contributed by atoms with E-state index in [0.717, 1.165) is 43.9 Å². The van der Waals surface area contributed by atoms with Crippen molar-refractivity contribution in [1.29, 1.82) is 0 Å². The van der Waals surface area contributed by atoms with Crippen molar-refractivity contribution < 1.29 is 0 Å². The monoisotopic (exact) mass is 301 g/mol. The highest BCUT2D eigenvalue weighted by molar-refractivity contribution is 5.44. The molecule has 1 fully saturated rings. The minimum atomic E-state index is 0.302. The number of hydrogen-bond acceptors (Lipinski definition) is 6. The molecule has 22 heavy (non-hydrogen) atoms. The number of anilines is 2. The molecule has 0 saturated heterocycles. The number of nitrogens with zero attached hydrogens (tertiary/aromatic N) is 5. The van der Waals surface area contributed by atoms with Crippen LogP contribution in [0.3, 0.4) is 0 Å². The van der Waals surface area contributed by atoms with Gasteiger partial charge in [0, 0.05) is 50.6 Å². The first-order valence-corrected chi connectivity index (χ1v) is 7.70. The maximum Gasteiger partial charge on any atom is 0.222 e. The van der Waals surface area contributed by atoms with Crippen LogP contribution in [-0.2, 0) is 6.54 Å². The molecule has 0 atom stereocenters. The molecule has 3 rings (SSSR count). The zero-order chi connectivity index (χ0) is 15.5. The van der Waals surface area contributed by atoms with Gasteiger partial charge in [0.2, 0.25) is 5.95 Å². The highest BCUT2D eigenvalue weighted by atomic mass is 15.3. The maximum atomic E-state index is 5.86. The Morgan fingerprint density at radius 2 is 2.18 bits per heavy atom. The summed E-state index contributed by atoms with van der Waals surface area (Å²) in [6.07, 6.45) is 6.73. The molecule has 118 valence electrons. The third-order valence-corrected chi connectivity index (χ3v) is 4.17. The summed E-state index contributed by atoms with van der Waals surface area (Å²) < 4.78 is 1.93. The Hall–Kier alpha value is -2.15. The van der Waals surface area contributed by atoms with Crippen LogP contribution < -0.4 is 16.4 Å². The van der Waals surface area contributed by atoms with Crippen LogP contribution in [0, 0.1) is 0 Å². The second-order valence-corrected chi connectivity index (χ2v) is 5.98. The van der Waals surface area contributed by atoms with Crippen LogP contribution in [0.1, 0.15) is 30.9 Å². The third-order valence-electron chi connectivity index (χ3n) is 4.17. The lowest BCUT2D eigenvalue weighted by atomic mass is 9.78. The van der Waals surface area contributed by atoms with Gasteiger partial charge in [0.25, 0.3) is 0 Å². The quantitative estimate of drug-likeness (QED) is 0.825. The van der Waals surface area contributed by atoms with E-state index in [1.165, 1.54) is 0 Å². The maximum absolute atomic E-state index is 5.86. The van der Waals surface area contributed by atoms with Gasteiger partial charge in [0.1, 0.15) is 5.82 Å². The van der Waals surface area contributed by atoms with Crippen LogP contribution in [0.5, 0.6) is 0 Å². The molecule has 1 aliphatic carbocycles. The Kier molecular flexibility index (Phi) is 4.24. The van der Waals surface area contributed by atoms with Gasteiger partial charge in [-0.25, -0.2) is 4.98 Å². The second kappa shape index (κ2) is 6.31. The fourth-order valence-electron chi connectivity index (χ4n) is 2.80. The van der Waals surface area contributed by atoms with Crippen molar-refractivity contribution in [3.05, 3.63) is 30.2 Å².